The molecule has 0 radical (unpaired) electrons. The topological polar surface area (TPSA) is 0 Å². The Morgan fingerprint density at radius 3 is 2.64 bits per heavy atom. The fourth-order valence-electron chi connectivity index (χ4n) is 1.70. The van der Waals surface area contributed by atoms with Gasteiger partial charge in [0.2, 0.25) is 0 Å². The molecule has 0 N–H and O–H groups in total. The molecule has 1 aliphatic rings. The Bertz CT molecular complexity index is 147. The largest absolute Gasteiger partial charge is 0.0956 e. The summed E-state index contributed by atoms with van der Waals surface area (Å²) in [6, 6.07) is 0. The van der Waals surface area contributed by atoms with E-state index >= 15 is 0 Å². The van der Waals surface area contributed by atoms with Gasteiger partial charge in [0.15, 0.2) is 0 Å². The van der Waals surface area contributed by atoms with Crippen LogP contribution >= 0.6 is 0 Å². The van der Waals surface area contributed by atoms with Crippen LogP contribution in [-0.2, 0) is 0 Å². The first-order valence-corrected chi connectivity index (χ1v) is 4.70. The number of hydrogen-bond donors (Lipinski definition) is 0. The van der Waals surface area contributed by atoms with Crippen LogP contribution in [0.2, 0.25) is 0 Å². The van der Waals surface area contributed by atoms with Crippen LogP contribution in [-0.4, -0.2) is 0 Å². The van der Waals surface area contributed by atoms with Crippen LogP contribution in [0.3, 0.4) is 0 Å². The molecule has 62 valence electrons. The van der Waals surface area contributed by atoms with Gasteiger partial charge in [-0.1, -0.05) is 44.1 Å². The van der Waals surface area contributed by atoms with Crippen molar-refractivity contribution in [2.75, 3.05) is 0 Å². The summed E-state index contributed by atoms with van der Waals surface area (Å²) in [6.07, 6.45) is 11.1. The standard InChI is InChI=1S/C11H18/c1-3-4-7-10(2)11-8-5-6-9-11/h4,7,11H,2-3,5-6,8-9H2,1H3/b7-4-. The Kier molecular flexibility index (Phi) is 3.41. The highest BCUT2D eigenvalue weighted by Gasteiger charge is 2.15. The quantitative estimate of drug-likeness (QED) is 0.538. The lowest BCUT2D eigenvalue weighted by Crippen LogP contribution is -1.93. The fourth-order valence-corrected chi connectivity index (χ4v) is 1.70. The maximum atomic E-state index is 4.09. The van der Waals surface area contributed by atoms with Gasteiger partial charge in [0, 0.05) is 0 Å². The summed E-state index contributed by atoms with van der Waals surface area (Å²) in [4.78, 5) is 0. The molecule has 0 spiro atoms. The normalized spacial score (nSPS) is 19.7. The first-order chi connectivity index (χ1) is 5.34. The highest BCUT2D eigenvalue weighted by Crippen LogP contribution is 2.30. The molecule has 1 saturated carbocycles. The number of rotatable bonds is 3. The second kappa shape index (κ2) is 4.38. The third-order valence-corrected chi connectivity index (χ3v) is 2.45. The average Bonchev–Trinajstić information content (AvgIpc) is 2.52. The zero-order valence-electron chi connectivity index (χ0n) is 7.47. The fraction of sp³-hybridized carbons (Fsp3) is 0.636. The Balaban J connectivity index is 2.34. The minimum absolute atomic E-state index is 0.804. The SMILES string of the molecule is C=C(/C=C\CC)C1CCCC1. The molecule has 1 fully saturated rings. The Morgan fingerprint density at radius 1 is 1.45 bits per heavy atom. The van der Waals surface area contributed by atoms with E-state index in [2.05, 4.69) is 25.7 Å². The van der Waals surface area contributed by atoms with E-state index in [9.17, 15) is 0 Å². The number of hydrogen-bond acceptors (Lipinski definition) is 0. The molecule has 11 heavy (non-hydrogen) atoms. The van der Waals surface area contributed by atoms with Gasteiger partial charge in [0.25, 0.3) is 0 Å². The molecule has 0 bridgehead atoms. The van der Waals surface area contributed by atoms with E-state index in [1.165, 1.54) is 31.3 Å². The Labute approximate surface area is 70.0 Å². The molecule has 0 aromatic rings. The first-order valence-electron chi connectivity index (χ1n) is 4.70. The van der Waals surface area contributed by atoms with Crippen molar-refractivity contribution < 1.29 is 0 Å². The average molecular weight is 150 g/mol. The summed E-state index contributed by atoms with van der Waals surface area (Å²) >= 11 is 0. The van der Waals surface area contributed by atoms with Gasteiger partial charge in [-0.3, -0.25) is 0 Å². The summed E-state index contributed by atoms with van der Waals surface area (Å²) in [6.45, 7) is 6.25. The smallest absolute Gasteiger partial charge is 0.0168 e. The first kappa shape index (κ1) is 8.58. The zero-order valence-corrected chi connectivity index (χ0v) is 7.47. The lowest BCUT2D eigenvalue weighted by Gasteiger charge is -2.07. The van der Waals surface area contributed by atoms with Gasteiger partial charge >= 0.3 is 0 Å². The van der Waals surface area contributed by atoms with Gasteiger partial charge < -0.3 is 0 Å². The second-order valence-electron chi connectivity index (χ2n) is 3.37. The molecule has 0 unspecified atom stereocenters. The predicted octanol–water partition coefficient (Wildman–Crippen LogP) is 3.70. The molecule has 0 heterocycles. The molecule has 0 saturated heterocycles. The van der Waals surface area contributed by atoms with E-state index < -0.39 is 0 Å². The minimum Gasteiger partial charge on any atom is -0.0956 e. The molecule has 1 rings (SSSR count). The van der Waals surface area contributed by atoms with E-state index in [-0.39, 0.29) is 0 Å². The van der Waals surface area contributed by atoms with E-state index in [0.717, 1.165) is 12.3 Å². The minimum atomic E-state index is 0.804. The lowest BCUT2D eigenvalue weighted by molar-refractivity contribution is 0.659. The summed E-state index contributed by atoms with van der Waals surface area (Å²) in [5, 5.41) is 0. The van der Waals surface area contributed by atoms with Crippen molar-refractivity contribution in [3.63, 3.8) is 0 Å². The zero-order chi connectivity index (χ0) is 8.10. The van der Waals surface area contributed by atoms with E-state index in [0.29, 0.717) is 0 Å². The molecule has 1 aliphatic carbocycles. The third-order valence-electron chi connectivity index (χ3n) is 2.45. The maximum Gasteiger partial charge on any atom is -0.0168 e. The van der Waals surface area contributed by atoms with Gasteiger partial charge in [0.1, 0.15) is 0 Å². The van der Waals surface area contributed by atoms with Gasteiger partial charge in [-0.2, -0.15) is 0 Å². The van der Waals surface area contributed by atoms with E-state index in [4.69, 9.17) is 0 Å². The predicted molar refractivity (Wildman–Crippen MR) is 50.5 cm³/mol. The highest BCUT2D eigenvalue weighted by molar-refractivity contribution is 5.18. The second-order valence-corrected chi connectivity index (χ2v) is 3.37. The molecule has 0 heteroatoms. The summed E-state index contributed by atoms with van der Waals surface area (Å²) in [5.74, 6) is 0.804. The lowest BCUT2D eigenvalue weighted by atomic mass is 9.99. The van der Waals surface area contributed by atoms with Crippen molar-refractivity contribution in [1.82, 2.24) is 0 Å². The van der Waals surface area contributed by atoms with Crippen molar-refractivity contribution in [3.8, 4) is 0 Å². The van der Waals surface area contributed by atoms with Gasteiger partial charge in [-0.05, 0) is 25.2 Å². The van der Waals surface area contributed by atoms with Crippen LogP contribution in [0.4, 0.5) is 0 Å². The number of allylic oxidation sites excluding steroid dienone is 3. The molecule has 0 nitrogen and oxygen atoms in total. The van der Waals surface area contributed by atoms with Crippen LogP contribution in [0.5, 0.6) is 0 Å². The summed E-state index contributed by atoms with van der Waals surface area (Å²) < 4.78 is 0. The summed E-state index contributed by atoms with van der Waals surface area (Å²) in [5.41, 5.74) is 1.35. The molecule has 0 aromatic heterocycles. The van der Waals surface area contributed by atoms with Gasteiger partial charge in [0.05, 0.1) is 0 Å². The van der Waals surface area contributed by atoms with Crippen molar-refractivity contribution in [2.24, 2.45) is 5.92 Å². The van der Waals surface area contributed by atoms with Crippen LogP contribution < -0.4 is 0 Å². The summed E-state index contributed by atoms with van der Waals surface area (Å²) in [7, 11) is 0. The molecule has 0 aromatic carbocycles. The van der Waals surface area contributed by atoms with Crippen LogP contribution in [0.25, 0.3) is 0 Å². The van der Waals surface area contributed by atoms with Crippen molar-refractivity contribution in [2.45, 2.75) is 39.0 Å². The molecule has 0 atom stereocenters. The van der Waals surface area contributed by atoms with Gasteiger partial charge in [-0.15, -0.1) is 0 Å². The molecular weight excluding hydrogens is 132 g/mol. The monoisotopic (exact) mass is 150 g/mol. The van der Waals surface area contributed by atoms with Crippen molar-refractivity contribution in [1.29, 1.82) is 0 Å². The van der Waals surface area contributed by atoms with Crippen LogP contribution in [0.1, 0.15) is 39.0 Å². The van der Waals surface area contributed by atoms with Crippen molar-refractivity contribution in [3.05, 3.63) is 24.3 Å². The third kappa shape index (κ3) is 2.53. The van der Waals surface area contributed by atoms with Crippen LogP contribution in [0, 0.1) is 5.92 Å². The highest BCUT2D eigenvalue weighted by atomic mass is 14.2. The molecule has 0 aliphatic heterocycles. The van der Waals surface area contributed by atoms with Crippen LogP contribution in [0.15, 0.2) is 24.3 Å². The van der Waals surface area contributed by atoms with E-state index in [1.807, 2.05) is 0 Å². The van der Waals surface area contributed by atoms with Gasteiger partial charge in [-0.25, -0.2) is 0 Å². The Morgan fingerprint density at radius 2 is 2.09 bits per heavy atom. The van der Waals surface area contributed by atoms with E-state index in [1.54, 1.807) is 0 Å². The molecule has 0 amide bonds. The molecular formula is C11H18. The Hall–Kier alpha value is -0.520. The maximum absolute atomic E-state index is 4.09. The van der Waals surface area contributed by atoms with Crippen molar-refractivity contribution >= 4 is 0 Å².